The summed E-state index contributed by atoms with van der Waals surface area (Å²) in [5.74, 6) is 0.740. The van der Waals surface area contributed by atoms with Gasteiger partial charge in [0.25, 0.3) is 0 Å². The first-order chi connectivity index (χ1) is 9.72. The zero-order valence-electron chi connectivity index (χ0n) is 10.3. The van der Waals surface area contributed by atoms with Crippen LogP contribution in [0.4, 0.5) is 15.3 Å². The predicted molar refractivity (Wildman–Crippen MR) is 72.9 cm³/mol. The lowest BCUT2D eigenvalue weighted by Gasteiger charge is -2.26. The number of thiazole rings is 1. The van der Waals surface area contributed by atoms with Crippen molar-refractivity contribution in [1.82, 2.24) is 24.7 Å². The highest BCUT2D eigenvalue weighted by Crippen LogP contribution is 2.34. The van der Waals surface area contributed by atoms with E-state index in [2.05, 4.69) is 20.2 Å². The molecule has 0 radical (unpaired) electrons. The van der Waals surface area contributed by atoms with Crippen molar-refractivity contribution in [2.24, 2.45) is 0 Å². The summed E-state index contributed by atoms with van der Waals surface area (Å²) in [6.45, 7) is 2.17. The van der Waals surface area contributed by atoms with Gasteiger partial charge in [0.05, 0.1) is 12.7 Å². The minimum absolute atomic E-state index is 0.282. The maximum absolute atomic E-state index is 13.7. The Bertz CT molecular complexity index is 756. The van der Waals surface area contributed by atoms with Gasteiger partial charge in [0.2, 0.25) is 0 Å². The maximum atomic E-state index is 13.7. The zero-order valence-corrected chi connectivity index (χ0v) is 11.1. The van der Waals surface area contributed by atoms with E-state index < -0.39 is 5.82 Å². The Labute approximate surface area is 116 Å². The van der Waals surface area contributed by atoms with Crippen molar-refractivity contribution in [3.8, 4) is 0 Å². The number of rotatable bonds is 1. The highest BCUT2D eigenvalue weighted by Gasteiger charge is 2.22. The molecule has 2 N–H and O–H groups in total. The van der Waals surface area contributed by atoms with E-state index in [1.807, 2.05) is 9.47 Å². The van der Waals surface area contributed by atoms with Gasteiger partial charge in [-0.3, -0.25) is 0 Å². The summed E-state index contributed by atoms with van der Waals surface area (Å²) in [4.78, 5) is 10.2. The number of pyridine rings is 1. The van der Waals surface area contributed by atoms with E-state index in [4.69, 9.17) is 5.73 Å². The number of halogens is 1. The van der Waals surface area contributed by atoms with Gasteiger partial charge in [-0.2, -0.15) is 0 Å². The highest BCUT2D eigenvalue weighted by molar-refractivity contribution is 7.22. The molecule has 0 saturated heterocycles. The van der Waals surface area contributed by atoms with Gasteiger partial charge in [-0.15, -0.1) is 10.2 Å². The van der Waals surface area contributed by atoms with Crippen molar-refractivity contribution in [2.75, 3.05) is 17.2 Å². The molecule has 4 heterocycles. The van der Waals surface area contributed by atoms with Crippen LogP contribution in [0.2, 0.25) is 0 Å². The lowest BCUT2D eigenvalue weighted by atomic mass is 10.4. The first kappa shape index (κ1) is 11.5. The van der Waals surface area contributed by atoms with E-state index in [0.717, 1.165) is 30.2 Å². The quantitative estimate of drug-likeness (QED) is 0.720. The maximum Gasteiger partial charge on any atom is 0.187 e. The lowest BCUT2D eigenvalue weighted by molar-refractivity contribution is 0.559. The van der Waals surface area contributed by atoms with Crippen LogP contribution in [0.5, 0.6) is 0 Å². The predicted octanol–water partition coefficient (Wildman–Crippen LogP) is 1.02. The van der Waals surface area contributed by atoms with Crippen molar-refractivity contribution in [3.63, 3.8) is 0 Å². The van der Waals surface area contributed by atoms with Crippen molar-refractivity contribution in [1.29, 1.82) is 0 Å². The van der Waals surface area contributed by atoms with Crippen molar-refractivity contribution in [2.45, 2.75) is 13.1 Å². The molecule has 20 heavy (non-hydrogen) atoms. The molecule has 3 aromatic rings. The van der Waals surface area contributed by atoms with Crippen molar-refractivity contribution < 1.29 is 4.39 Å². The number of anilines is 2. The van der Waals surface area contributed by atoms with Crippen LogP contribution in [0.25, 0.3) is 10.2 Å². The Morgan fingerprint density at radius 2 is 2.25 bits per heavy atom. The molecule has 0 aliphatic carbocycles. The summed E-state index contributed by atoms with van der Waals surface area (Å²) in [5, 5.41) is 8.67. The third-order valence-corrected chi connectivity index (χ3v) is 4.44. The van der Waals surface area contributed by atoms with Gasteiger partial charge in [-0.25, -0.2) is 14.4 Å². The molecule has 0 saturated carbocycles. The fraction of sp³-hybridized carbons (Fsp3) is 0.273. The minimum Gasteiger partial charge on any atom is -0.382 e. The zero-order chi connectivity index (χ0) is 13.7. The summed E-state index contributed by atoms with van der Waals surface area (Å²) in [6, 6.07) is 0. The first-order valence-electron chi connectivity index (χ1n) is 6.04. The van der Waals surface area contributed by atoms with Crippen LogP contribution in [0.1, 0.15) is 5.82 Å². The van der Waals surface area contributed by atoms with E-state index >= 15 is 0 Å². The summed E-state index contributed by atoms with van der Waals surface area (Å²) >= 11 is 1.35. The minimum atomic E-state index is -0.447. The van der Waals surface area contributed by atoms with Crippen LogP contribution in [0.15, 0.2) is 12.5 Å². The third-order valence-electron chi connectivity index (χ3n) is 3.30. The van der Waals surface area contributed by atoms with Crippen LogP contribution < -0.4 is 10.6 Å². The number of hydrogen-bond acceptors (Lipinski definition) is 7. The third kappa shape index (κ3) is 1.63. The highest BCUT2D eigenvalue weighted by atomic mass is 32.1. The molecule has 0 aromatic carbocycles. The fourth-order valence-corrected chi connectivity index (χ4v) is 3.26. The van der Waals surface area contributed by atoms with E-state index in [0.29, 0.717) is 17.1 Å². The molecule has 102 valence electrons. The Morgan fingerprint density at radius 3 is 3.10 bits per heavy atom. The molecule has 0 bridgehead atoms. The first-order valence-corrected chi connectivity index (χ1v) is 6.86. The van der Waals surface area contributed by atoms with Gasteiger partial charge in [-0.1, -0.05) is 11.3 Å². The van der Waals surface area contributed by atoms with Crippen LogP contribution in [-0.4, -0.2) is 31.3 Å². The summed E-state index contributed by atoms with van der Waals surface area (Å²) in [5.41, 5.74) is 6.06. The van der Waals surface area contributed by atoms with Crippen molar-refractivity contribution >= 4 is 32.5 Å². The monoisotopic (exact) mass is 291 g/mol. The molecule has 0 unspecified atom stereocenters. The summed E-state index contributed by atoms with van der Waals surface area (Å²) in [6.07, 6.45) is 2.82. The van der Waals surface area contributed by atoms with Gasteiger partial charge in [0.1, 0.15) is 22.4 Å². The molecule has 0 atom stereocenters. The van der Waals surface area contributed by atoms with Gasteiger partial charge >= 0.3 is 0 Å². The molecule has 9 heteroatoms. The number of aromatic nitrogens is 5. The Morgan fingerprint density at radius 1 is 1.35 bits per heavy atom. The Hall–Kier alpha value is -2.29. The van der Waals surface area contributed by atoms with Crippen molar-refractivity contribution in [3.05, 3.63) is 24.2 Å². The van der Waals surface area contributed by atoms with Gasteiger partial charge in [0, 0.05) is 13.1 Å². The number of nitrogens with two attached hydrogens (primary N) is 1. The second-order valence-corrected chi connectivity index (χ2v) is 5.51. The lowest BCUT2D eigenvalue weighted by Crippen LogP contribution is -2.33. The van der Waals surface area contributed by atoms with Crippen LogP contribution in [0, 0.1) is 5.82 Å². The number of hydrogen-bond donors (Lipinski definition) is 1. The fourth-order valence-electron chi connectivity index (χ4n) is 2.26. The molecular formula is C11H10FN7S. The summed E-state index contributed by atoms with van der Waals surface area (Å²) < 4.78 is 16.3. The molecule has 3 aromatic heterocycles. The number of fused-ring (bicyclic) bond motifs is 2. The normalized spacial score (nSPS) is 14.8. The molecular weight excluding hydrogens is 281 g/mol. The molecule has 0 spiro atoms. The molecule has 7 nitrogen and oxygen atoms in total. The van der Waals surface area contributed by atoms with Gasteiger partial charge in [0.15, 0.2) is 16.8 Å². The number of nitrogen functional groups attached to an aromatic ring is 1. The van der Waals surface area contributed by atoms with E-state index in [-0.39, 0.29) is 5.52 Å². The van der Waals surface area contributed by atoms with Crippen LogP contribution in [-0.2, 0) is 13.1 Å². The average molecular weight is 291 g/mol. The topological polar surface area (TPSA) is 85.8 Å². The van der Waals surface area contributed by atoms with E-state index in [1.165, 1.54) is 11.3 Å². The molecule has 0 fully saturated rings. The van der Waals surface area contributed by atoms with E-state index in [1.54, 1.807) is 6.33 Å². The largest absolute Gasteiger partial charge is 0.382 e. The smallest absolute Gasteiger partial charge is 0.187 e. The van der Waals surface area contributed by atoms with Gasteiger partial charge < -0.3 is 15.2 Å². The van der Waals surface area contributed by atoms with Gasteiger partial charge in [-0.05, 0) is 0 Å². The second kappa shape index (κ2) is 4.10. The van der Waals surface area contributed by atoms with E-state index in [9.17, 15) is 4.39 Å². The Kier molecular flexibility index (Phi) is 2.36. The molecule has 1 aliphatic heterocycles. The molecule has 0 amide bonds. The standard InChI is InChI=1S/C11H10FN7S/c12-6-3-14-10(13)9-8(6)16-11(20-9)18-1-2-19-5-15-17-7(19)4-18/h3,5H,1-2,4H2,(H2,13,14). The average Bonchev–Trinajstić information content (AvgIpc) is 3.08. The van der Waals surface area contributed by atoms with Crippen LogP contribution >= 0.6 is 11.3 Å². The summed E-state index contributed by atoms with van der Waals surface area (Å²) in [7, 11) is 0. The number of nitrogens with zero attached hydrogens (tertiary/aromatic N) is 6. The molecule has 4 rings (SSSR count). The SMILES string of the molecule is Nc1ncc(F)c2nc(N3CCn4cnnc4C3)sc12. The molecule has 1 aliphatic rings. The van der Waals surface area contributed by atoms with Crippen LogP contribution in [0.3, 0.4) is 0 Å². The Balaban J connectivity index is 1.77. The second-order valence-electron chi connectivity index (χ2n) is 4.53.